The van der Waals surface area contributed by atoms with E-state index in [1.54, 1.807) is 0 Å². The molecule has 0 heterocycles. The van der Waals surface area contributed by atoms with Crippen LogP contribution < -0.4 is 19.6 Å². The Morgan fingerprint density at radius 1 is 0.230 bits per heavy atom. The van der Waals surface area contributed by atoms with Crippen LogP contribution >= 0.6 is 68.3 Å². The van der Waals surface area contributed by atoms with Gasteiger partial charge in [0.25, 0.3) is 0 Å². The van der Waals surface area contributed by atoms with Crippen LogP contribution in [0.4, 0.5) is 0 Å². The fourth-order valence-electron chi connectivity index (χ4n) is 8.62. The van der Waals surface area contributed by atoms with Gasteiger partial charge >= 0.3 is 21.1 Å². The van der Waals surface area contributed by atoms with E-state index in [0.717, 1.165) is 100 Å². The van der Waals surface area contributed by atoms with Crippen molar-refractivity contribution in [1.82, 2.24) is 0 Å². The van der Waals surface area contributed by atoms with Crippen LogP contribution in [0.25, 0.3) is 0 Å². The van der Waals surface area contributed by atoms with E-state index < -0.39 is 22.8 Å². The van der Waals surface area contributed by atoms with Crippen molar-refractivity contribution < 1.29 is 62.9 Å². The largest absolute Gasteiger partial charge is 4.00 e. The molecule has 0 saturated carbocycles. The first-order valence-corrected chi connectivity index (χ1v) is 52.3. The average Bonchev–Trinajstić information content (AvgIpc) is 3.62. The molecule has 0 radical (unpaired) electrons. The van der Waals surface area contributed by atoms with Crippen molar-refractivity contribution in [2.24, 2.45) is 0 Å². The predicted molar refractivity (Wildman–Crippen MR) is 406 cm³/mol. The zero-order chi connectivity index (χ0) is 65.3. The molecule has 0 aromatic rings. The van der Waals surface area contributed by atoms with Crippen LogP contribution in [0.1, 0.15) is 364 Å². The summed E-state index contributed by atoms with van der Waals surface area (Å²) in [5.74, 6) is 3.51. The van der Waals surface area contributed by atoms with Crippen LogP contribution in [0.3, 0.4) is 0 Å². The second kappa shape index (κ2) is 84.6. The van der Waals surface area contributed by atoms with Crippen molar-refractivity contribution in [3.8, 4) is 0 Å². The zero-order valence-electron chi connectivity index (χ0n) is 57.1. The minimum atomic E-state index is -2.82. The third-order valence-electron chi connectivity index (χ3n) is 14.0. The van der Waals surface area contributed by atoms with Gasteiger partial charge in [0.1, 0.15) is 0 Å². The number of hydrogen-bond acceptors (Lipinski definition) is 18. The van der Waals surface area contributed by atoms with Gasteiger partial charge < -0.3 is 37.7 Å². The van der Waals surface area contributed by atoms with E-state index in [9.17, 15) is 19.6 Å². The normalized spacial score (nSPS) is 13.8. The fourth-order valence-corrected chi connectivity index (χ4v) is 22.2. The SMILES string of the molecule is CCCCCCCCOP([O-])(=S)SCCCCCCCC.CCCCCCCCOP([O-])(=S)SCCCCCCCC.CCCCCCCCOP([O-])(=S)SCCCCCCCC.CCCCCCCCOP([O-])(=S)SCCCCCCCC.O=S.[Mo+4]. The summed E-state index contributed by atoms with van der Waals surface area (Å²) in [6, 6.07) is 0. The van der Waals surface area contributed by atoms with Crippen LogP contribution in [0, 0.1) is 0 Å². The Morgan fingerprint density at radius 3 is 0.483 bits per heavy atom. The summed E-state index contributed by atoms with van der Waals surface area (Å²) in [5.41, 5.74) is -11.3. The first-order valence-electron chi connectivity index (χ1n) is 35.1. The maximum Gasteiger partial charge on any atom is 4.00 e. The molecule has 0 saturated heterocycles. The molecule has 0 aromatic carbocycles. The van der Waals surface area contributed by atoms with Gasteiger partial charge in [0.05, 0.1) is 26.4 Å². The molecule has 0 amide bonds. The molecule has 0 fully saturated rings. The molecule has 0 aliphatic heterocycles. The van der Waals surface area contributed by atoms with E-state index >= 15 is 0 Å². The summed E-state index contributed by atoms with van der Waals surface area (Å²) in [5, 5.41) is 0. The van der Waals surface area contributed by atoms with Gasteiger partial charge in [-0.05, 0) is 74.4 Å². The second-order valence-corrected chi connectivity index (χ2v) is 47.3. The van der Waals surface area contributed by atoms with Crippen molar-refractivity contribution in [1.29, 1.82) is 0 Å². The number of hydrogen-bond donors (Lipinski definition) is 0. The minimum absolute atomic E-state index is 0. The average molecular weight is 1560 g/mol. The molecule has 4 atom stereocenters. The Labute approximate surface area is 598 Å². The summed E-state index contributed by atoms with van der Waals surface area (Å²) < 4.78 is 29.5. The monoisotopic (exact) mass is 1560 g/mol. The van der Waals surface area contributed by atoms with Crippen LogP contribution in [0.5, 0.6) is 0 Å². The van der Waals surface area contributed by atoms with Crippen LogP contribution in [0.15, 0.2) is 0 Å². The van der Waals surface area contributed by atoms with Crippen LogP contribution in [-0.4, -0.2) is 53.6 Å². The maximum atomic E-state index is 12.0. The minimum Gasteiger partial charge on any atom is -0.793 e. The summed E-state index contributed by atoms with van der Waals surface area (Å²) in [6.07, 6.45) is 59.3. The fraction of sp³-hybridized carbons (Fsp3) is 1.00. The molecule has 0 aliphatic carbocycles. The molecule has 0 N–H and O–H groups in total. The summed E-state index contributed by atoms with van der Waals surface area (Å²) >= 11 is 28.6. The smallest absolute Gasteiger partial charge is 0.793 e. The third kappa shape index (κ3) is 99.2. The Morgan fingerprint density at radius 2 is 0.345 bits per heavy atom. The molecule has 9 nitrogen and oxygen atoms in total. The van der Waals surface area contributed by atoms with Crippen molar-refractivity contribution >= 4 is 128 Å². The van der Waals surface area contributed by atoms with Crippen molar-refractivity contribution in [3.63, 3.8) is 0 Å². The van der Waals surface area contributed by atoms with Gasteiger partial charge in [-0.1, -0.05) is 359 Å². The van der Waals surface area contributed by atoms with Crippen molar-refractivity contribution in [2.75, 3.05) is 49.4 Å². The Kier molecular flexibility index (Phi) is 99.6. The van der Waals surface area contributed by atoms with Gasteiger partial charge in [-0.3, -0.25) is 0 Å². The Hall–Kier alpha value is 4.39. The van der Waals surface area contributed by atoms with Crippen molar-refractivity contribution in [3.05, 3.63) is 0 Å². The van der Waals surface area contributed by atoms with E-state index in [2.05, 4.69) is 67.9 Å². The van der Waals surface area contributed by atoms with Crippen LogP contribution in [-0.2, 0) is 98.9 Å². The summed E-state index contributed by atoms with van der Waals surface area (Å²) in [7, 11) is 0. The van der Waals surface area contributed by atoms with Crippen molar-refractivity contribution in [2.45, 2.75) is 364 Å². The van der Waals surface area contributed by atoms with Gasteiger partial charge in [0.15, 0.2) is 12.5 Å². The van der Waals surface area contributed by atoms with Gasteiger partial charge in [-0.2, -0.15) is 4.21 Å². The van der Waals surface area contributed by atoms with Gasteiger partial charge in [0, 0.05) is 22.8 Å². The maximum absolute atomic E-state index is 12.0. The summed E-state index contributed by atoms with van der Waals surface area (Å²) in [6.45, 7) is 20.0. The zero-order valence-corrected chi connectivity index (χ0v) is 70.1. The standard InChI is InChI=1S/4C16H35O2PS2.Mo.OS/c4*1-3-5-7-9-11-13-15-18-19(17,20)21-16-14-12-10-8-6-4-2;;1-2/h4*3-16H2,1-2H3,(H,17,20);;/q;;;;+4;/p-4. The van der Waals surface area contributed by atoms with E-state index in [1.807, 2.05) is 0 Å². The quantitative estimate of drug-likeness (QED) is 0.0323. The third-order valence-corrected chi connectivity index (χ3v) is 31.4. The first-order chi connectivity index (χ1) is 41.5. The molecule has 23 heteroatoms. The molecule has 87 heavy (non-hydrogen) atoms. The topological polar surface area (TPSA) is 146 Å². The number of rotatable bonds is 64. The van der Waals surface area contributed by atoms with E-state index in [0.29, 0.717) is 26.4 Å². The molecular weight excluding hydrogens is 1420 g/mol. The van der Waals surface area contributed by atoms with Gasteiger partial charge in [0.2, 0.25) is 0 Å². The van der Waals surface area contributed by atoms with Gasteiger partial charge in [-0.15, -0.1) is 45.5 Å². The molecule has 4 unspecified atom stereocenters. The molecule has 526 valence electrons. The van der Waals surface area contributed by atoms with E-state index in [1.165, 1.54) is 277 Å². The van der Waals surface area contributed by atoms with E-state index in [-0.39, 0.29) is 21.1 Å². The molecule has 0 rings (SSSR count). The number of unbranched alkanes of at least 4 members (excludes halogenated alkanes) is 40. The molecule has 0 aromatic heterocycles. The first kappa shape index (κ1) is 102. The molecule has 0 aliphatic rings. The predicted octanol–water partition coefficient (Wildman–Crippen LogP) is 23.8. The Balaban J connectivity index is -0.000000248. The van der Waals surface area contributed by atoms with Gasteiger partial charge in [-0.25, -0.2) is 0 Å². The summed E-state index contributed by atoms with van der Waals surface area (Å²) in [4.78, 5) is 48.2. The molecular formula is C64H136MoO9P4S9. The van der Waals surface area contributed by atoms with E-state index in [4.69, 9.17) is 69.5 Å². The molecule has 0 spiro atoms. The Bertz CT molecular complexity index is 1200. The second-order valence-electron chi connectivity index (χ2n) is 22.6. The van der Waals surface area contributed by atoms with Crippen LogP contribution in [0.2, 0.25) is 0 Å². The molecule has 0 bridgehead atoms.